The zero-order valence-corrected chi connectivity index (χ0v) is 18.8. The molecule has 0 bridgehead atoms. The van der Waals surface area contributed by atoms with Crippen LogP contribution in [0.3, 0.4) is 0 Å². The van der Waals surface area contributed by atoms with Gasteiger partial charge in [-0.25, -0.2) is 4.98 Å². The molecule has 2 aromatic carbocycles. The molecule has 1 N–H and O–H groups in total. The fraction of sp³-hybridized carbons (Fsp3) is 0.320. The number of rotatable bonds is 7. The molecule has 4 aromatic rings. The summed E-state index contributed by atoms with van der Waals surface area (Å²) in [5.74, 6) is 0.222. The first kappa shape index (κ1) is 21.0. The van der Waals surface area contributed by atoms with E-state index in [2.05, 4.69) is 18.0 Å². The molecule has 32 heavy (non-hydrogen) atoms. The van der Waals surface area contributed by atoms with Gasteiger partial charge >= 0.3 is 0 Å². The highest BCUT2D eigenvalue weighted by molar-refractivity contribution is 7.99. The first-order valence-corrected chi connectivity index (χ1v) is 12.0. The Morgan fingerprint density at radius 2 is 2.06 bits per heavy atom. The fourth-order valence-electron chi connectivity index (χ4n) is 4.36. The van der Waals surface area contributed by atoms with Crippen LogP contribution in [0, 0.1) is 0 Å². The number of fused-ring (bicyclic) bond motifs is 2. The Balaban J connectivity index is 1.46. The summed E-state index contributed by atoms with van der Waals surface area (Å²) in [7, 11) is 0. The maximum Gasteiger partial charge on any atom is 0.262 e. The molecule has 164 valence electrons. The van der Waals surface area contributed by atoms with E-state index in [-0.39, 0.29) is 23.2 Å². The summed E-state index contributed by atoms with van der Waals surface area (Å²) in [4.78, 5) is 34.3. The van der Waals surface area contributed by atoms with Gasteiger partial charge in [-0.2, -0.15) is 0 Å². The van der Waals surface area contributed by atoms with Crippen LogP contribution < -0.4 is 5.56 Å². The Labute approximate surface area is 190 Å². The number of nitrogens with one attached hydrogen (secondary N) is 1. The van der Waals surface area contributed by atoms with Crippen molar-refractivity contribution < 1.29 is 9.53 Å². The largest absolute Gasteiger partial charge is 0.376 e. The molecule has 1 saturated heterocycles. The van der Waals surface area contributed by atoms with Gasteiger partial charge in [-0.15, -0.1) is 0 Å². The first-order valence-electron chi connectivity index (χ1n) is 11.0. The molecule has 1 aliphatic heterocycles. The maximum atomic E-state index is 13.2. The Morgan fingerprint density at radius 3 is 2.88 bits per heavy atom. The normalized spacial score (nSPS) is 16.2. The number of benzene rings is 2. The molecule has 1 unspecified atom stereocenters. The van der Waals surface area contributed by atoms with Gasteiger partial charge < -0.3 is 9.72 Å². The highest BCUT2D eigenvalue weighted by atomic mass is 32.2. The minimum absolute atomic E-state index is 0.00629. The number of carbonyl (C=O) groups is 1. The Bertz CT molecular complexity index is 1350. The first-order chi connectivity index (χ1) is 15.7. The van der Waals surface area contributed by atoms with Gasteiger partial charge in [0.15, 0.2) is 10.9 Å². The van der Waals surface area contributed by atoms with Gasteiger partial charge in [0, 0.05) is 29.3 Å². The predicted molar refractivity (Wildman–Crippen MR) is 128 cm³/mol. The van der Waals surface area contributed by atoms with Crippen LogP contribution in [-0.4, -0.2) is 38.8 Å². The van der Waals surface area contributed by atoms with Crippen LogP contribution in [0.15, 0.2) is 58.6 Å². The third-order valence-electron chi connectivity index (χ3n) is 6.05. The van der Waals surface area contributed by atoms with Crippen LogP contribution in [0.4, 0.5) is 0 Å². The summed E-state index contributed by atoms with van der Waals surface area (Å²) in [5.41, 5.74) is 3.45. The van der Waals surface area contributed by atoms with Crippen LogP contribution in [0.1, 0.15) is 35.7 Å². The number of aromatic amines is 1. The smallest absolute Gasteiger partial charge is 0.262 e. The lowest BCUT2D eigenvalue weighted by atomic mass is 10.1. The molecule has 2 aromatic heterocycles. The van der Waals surface area contributed by atoms with Crippen molar-refractivity contribution in [3.05, 3.63) is 70.1 Å². The molecule has 1 fully saturated rings. The van der Waals surface area contributed by atoms with E-state index in [0.29, 0.717) is 28.2 Å². The lowest BCUT2D eigenvalue weighted by molar-refractivity contribution is 0.0937. The summed E-state index contributed by atoms with van der Waals surface area (Å²) >= 11 is 1.32. The number of H-pyrrole nitrogens is 1. The van der Waals surface area contributed by atoms with Crippen molar-refractivity contribution in [2.45, 2.75) is 44.0 Å². The van der Waals surface area contributed by atoms with Gasteiger partial charge in [0.2, 0.25) is 0 Å². The quantitative estimate of drug-likeness (QED) is 0.255. The molecule has 7 heteroatoms. The summed E-state index contributed by atoms with van der Waals surface area (Å²) in [6.07, 6.45) is 4.63. The number of hydrogen-bond acceptors (Lipinski definition) is 5. The van der Waals surface area contributed by atoms with Crippen LogP contribution >= 0.6 is 11.8 Å². The minimum atomic E-state index is -0.0827. The van der Waals surface area contributed by atoms with Crippen molar-refractivity contribution in [1.29, 1.82) is 0 Å². The van der Waals surface area contributed by atoms with E-state index in [9.17, 15) is 9.59 Å². The monoisotopic (exact) mass is 447 g/mol. The molecule has 0 amide bonds. The van der Waals surface area contributed by atoms with E-state index in [0.717, 1.165) is 36.8 Å². The molecule has 0 aliphatic carbocycles. The Morgan fingerprint density at radius 1 is 1.22 bits per heavy atom. The van der Waals surface area contributed by atoms with Crippen LogP contribution in [0.2, 0.25) is 0 Å². The lowest BCUT2D eigenvalue weighted by Gasteiger charge is -2.16. The molecular formula is C25H25N3O3S. The number of hydrogen-bond donors (Lipinski definition) is 1. The topological polar surface area (TPSA) is 77.0 Å². The van der Waals surface area contributed by atoms with Crippen molar-refractivity contribution >= 4 is 39.4 Å². The summed E-state index contributed by atoms with van der Waals surface area (Å²) < 4.78 is 7.45. The number of para-hydroxylation sites is 2. The van der Waals surface area contributed by atoms with E-state index < -0.39 is 0 Å². The van der Waals surface area contributed by atoms with Crippen LogP contribution in [0.25, 0.3) is 21.8 Å². The minimum Gasteiger partial charge on any atom is -0.376 e. The third-order valence-corrected chi connectivity index (χ3v) is 7.03. The van der Waals surface area contributed by atoms with Gasteiger partial charge in [-0.05, 0) is 37.0 Å². The number of ketones is 1. The zero-order chi connectivity index (χ0) is 22.1. The van der Waals surface area contributed by atoms with Gasteiger partial charge in [0.05, 0.1) is 29.3 Å². The number of ether oxygens (including phenoxy) is 1. The number of aromatic nitrogens is 3. The molecule has 6 nitrogen and oxygen atoms in total. The van der Waals surface area contributed by atoms with Crippen molar-refractivity contribution in [1.82, 2.24) is 14.5 Å². The van der Waals surface area contributed by atoms with Crippen molar-refractivity contribution in [3.8, 4) is 0 Å². The standard InChI is InChI=1S/C25H25N3O3S/c1-2-16-7-5-10-18-20(13-26-23(16)18)22(29)15-32-25-27-21-11-4-3-9-19(21)24(30)28(25)14-17-8-6-12-31-17/h3-5,7,9-11,13,17,26H,2,6,8,12,14-15H2,1H3. The SMILES string of the molecule is CCc1cccc2c(C(=O)CSc3nc4ccccc4c(=O)n3CC3CCCO3)c[nH]c12. The molecule has 0 radical (unpaired) electrons. The number of aryl methyl sites for hydroxylation is 1. The van der Waals surface area contributed by atoms with Crippen LogP contribution in [-0.2, 0) is 17.7 Å². The summed E-state index contributed by atoms with van der Waals surface area (Å²) in [6, 6.07) is 13.4. The number of Topliss-reactive ketones (excluding diaryl/α,β-unsaturated/α-hetero) is 1. The molecule has 5 rings (SSSR count). The van der Waals surface area contributed by atoms with E-state index in [4.69, 9.17) is 9.72 Å². The molecular weight excluding hydrogens is 422 g/mol. The van der Waals surface area contributed by atoms with Crippen molar-refractivity contribution in [3.63, 3.8) is 0 Å². The highest BCUT2D eigenvalue weighted by Gasteiger charge is 2.21. The van der Waals surface area contributed by atoms with Gasteiger partial charge in [0.1, 0.15) is 0 Å². The van der Waals surface area contributed by atoms with Crippen molar-refractivity contribution in [2.75, 3.05) is 12.4 Å². The summed E-state index contributed by atoms with van der Waals surface area (Å²) in [5, 5.41) is 2.09. The average molecular weight is 448 g/mol. The Hall–Kier alpha value is -2.90. The molecule has 0 saturated carbocycles. The molecule has 1 atom stereocenters. The van der Waals surface area contributed by atoms with E-state index in [1.54, 1.807) is 16.8 Å². The number of nitrogens with zero attached hydrogens (tertiary/aromatic N) is 2. The van der Waals surface area contributed by atoms with Gasteiger partial charge in [0.25, 0.3) is 5.56 Å². The number of thioether (sulfide) groups is 1. The second-order valence-corrected chi connectivity index (χ2v) is 9.01. The summed E-state index contributed by atoms with van der Waals surface area (Å²) in [6.45, 7) is 3.29. The molecule has 0 spiro atoms. The average Bonchev–Trinajstić information content (AvgIpc) is 3.49. The van der Waals surface area contributed by atoms with Crippen molar-refractivity contribution in [2.24, 2.45) is 0 Å². The predicted octanol–water partition coefficient (Wildman–Crippen LogP) is 4.59. The lowest BCUT2D eigenvalue weighted by Crippen LogP contribution is -2.29. The van der Waals surface area contributed by atoms with E-state index in [1.807, 2.05) is 30.3 Å². The van der Waals surface area contributed by atoms with E-state index >= 15 is 0 Å². The van der Waals surface area contributed by atoms with Gasteiger partial charge in [-0.1, -0.05) is 49.0 Å². The maximum absolute atomic E-state index is 13.2. The Kier molecular flexibility index (Phi) is 5.85. The molecule has 3 heterocycles. The second-order valence-electron chi connectivity index (χ2n) is 8.07. The van der Waals surface area contributed by atoms with E-state index in [1.165, 1.54) is 17.3 Å². The highest BCUT2D eigenvalue weighted by Crippen LogP contribution is 2.26. The third kappa shape index (κ3) is 3.87. The second kappa shape index (κ2) is 8.92. The zero-order valence-electron chi connectivity index (χ0n) is 18.0. The molecule has 1 aliphatic rings. The van der Waals surface area contributed by atoms with Crippen LogP contribution in [0.5, 0.6) is 0 Å². The fourth-order valence-corrected chi connectivity index (χ4v) is 5.25. The number of carbonyl (C=O) groups excluding carboxylic acids is 1. The van der Waals surface area contributed by atoms with Gasteiger partial charge in [-0.3, -0.25) is 14.2 Å².